The lowest BCUT2D eigenvalue weighted by atomic mass is 10.1. The van der Waals surface area contributed by atoms with Gasteiger partial charge in [0.15, 0.2) is 5.78 Å². The van der Waals surface area contributed by atoms with Crippen molar-refractivity contribution in [1.82, 2.24) is 0 Å². The fourth-order valence-electron chi connectivity index (χ4n) is 1.78. The zero-order valence-corrected chi connectivity index (χ0v) is 14.2. The first-order valence-electron chi connectivity index (χ1n) is 6.61. The molecule has 22 heavy (non-hydrogen) atoms. The minimum atomic E-state index is -0.271. The summed E-state index contributed by atoms with van der Waals surface area (Å²) in [4.78, 5) is 11.8. The number of aliphatic hydroxyl groups is 1. The van der Waals surface area contributed by atoms with Crippen molar-refractivity contribution in [3.05, 3.63) is 75.4 Å². The number of allylic oxidation sites excluding steroid dienone is 2. The van der Waals surface area contributed by atoms with Gasteiger partial charge in [-0.05, 0) is 58.5 Å². The summed E-state index contributed by atoms with van der Waals surface area (Å²) in [6.45, 7) is 0. The zero-order chi connectivity index (χ0) is 15.9. The van der Waals surface area contributed by atoms with E-state index in [1.807, 2.05) is 36.4 Å². The van der Waals surface area contributed by atoms with Crippen LogP contribution < -0.4 is 4.74 Å². The van der Waals surface area contributed by atoms with Gasteiger partial charge in [-0.3, -0.25) is 4.79 Å². The van der Waals surface area contributed by atoms with Crippen molar-refractivity contribution < 1.29 is 14.6 Å². The first kappa shape index (κ1) is 16.3. The number of ketones is 1. The van der Waals surface area contributed by atoms with Gasteiger partial charge in [-0.1, -0.05) is 30.3 Å². The lowest BCUT2D eigenvalue weighted by Crippen LogP contribution is -1.91. The number of methoxy groups -OCH3 is 1. The van der Waals surface area contributed by atoms with E-state index in [-0.39, 0.29) is 11.5 Å². The van der Waals surface area contributed by atoms with Crippen LogP contribution in [0.3, 0.4) is 0 Å². The van der Waals surface area contributed by atoms with E-state index in [1.165, 1.54) is 12.2 Å². The highest BCUT2D eigenvalue weighted by molar-refractivity contribution is 14.1. The SMILES string of the molecule is COc1ccc(/C=C/C(=O)C=C(O)c2ccc(I)cc2)cc1. The second-order valence-corrected chi connectivity index (χ2v) is 5.79. The Morgan fingerprint density at radius 2 is 1.73 bits per heavy atom. The van der Waals surface area contributed by atoms with E-state index >= 15 is 0 Å². The van der Waals surface area contributed by atoms with Crippen LogP contribution in [0.5, 0.6) is 5.75 Å². The van der Waals surface area contributed by atoms with Crippen molar-refractivity contribution in [2.75, 3.05) is 7.11 Å². The first-order valence-corrected chi connectivity index (χ1v) is 7.69. The Morgan fingerprint density at radius 3 is 2.32 bits per heavy atom. The predicted molar refractivity (Wildman–Crippen MR) is 96.8 cm³/mol. The van der Waals surface area contributed by atoms with E-state index in [1.54, 1.807) is 25.3 Å². The molecule has 112 valence electrons. The second-order valence-electron chi connectivity index (χ2n) is 4.55. The normalized spacial score (nSPS) is 11.6. The molecule has 0 aromatic heterocycles. The average molecular weight is 406 g/mol. The molecule has 0 aliphatic carbocycles. The summed E-state index contributed by atoms with van der Waals surface area (Å²) in [5, 5.41) is 9.93. The van der Waals surface area contributed by atoms with Gasteiger partial charge in [0.1, 0.15) is 11.5 Å². The maximum Gasteiger partial charge on any atom is 0.182 e. The Kier molecular flexibility index (Phi) is 5.77. The number of carbonyl (C=O) groups excluding carboxylic acids is 1. The number of hydrogen-bond acceptors (Lipinski definition) is 3. The molecule has 1 N–H and O–H groups in total. The summed E-state index contributed by atoms with van der Waals surface area (Å²) in [5.41, 5.74) is 1.50. The highest BCUT2D eigenvalue weighted by atomic mass is 127. The number of hydrogen-bond donors (Lipinski definition) is 1. The fourth-order valence-corrected chi connectivity index (χ4v) is 2.14. The van der Waals surface area contributed by atoms with Crippen LogP contribution in [-0.2, 0) is 4.79 Å². The quantitative estimate of drug-likeness (QED) is 0.453. The highest BCUT2D eigenvalue weighted by Gasteiger charge is 2.01. The summed E-state index contributed by atoms with van der Waals surface area (Å²) >= 11 is 2.18. The Morgan fingerprint density at radius 1 is 1.09 bits per heavy atom. The van der Waals surface area contributed by atoms with Gasteiger partial charge < -0.3 is 9.84 Å². The molecule has 0 atom stereocenters. The molecular formula is C18H15IO3. The third-order valence-corrected chi connectivity index (χ3v) is 3.69. The van der Waals surface area contributed by atoms with Crippen molar-refractivity contribution in [2.45, 2.75) is 0 Å². The van der Waals surface area contributed by atoms with Gasteiger partial charge in [0, 0.05) is 15.2 Å². The minimum Gasteiger partial charge on any atom is -0.507 e. The van der Waals surface area contributed by atoms with E-state index in [2.05, 4.69) is 22.6 Å². The predicted octanol–water partition coefficient (Wildman–Crippen LogP) is 4.48. The maximum atomic E-state index is 11.8. The molecule has 4 heteroatoms. The Balaban J connectivity index is 2.05. The molecule has 0 radical (unpaired) electrons. The topological polar surface area (TPSA) is 46.5 Å². The van der Waals surface area contributed by atoms with Gasteiger partial charge >= 0.3 is 0 Å². The van der Waals surface area contributed by atoms with Gasteiger partial charge in [0.25, 0.3) is 0 Å². The van der Waals surface area contributed by atoms with Crippen LogP contribution in [0.1, 0.15) is 11.1 Å². The van der Waals surface area contributed by atoms with Crippen molar-refractivity contribution in [2.24, 2.45) is 0 Å². The first-order chi connectivity index (χ1) is 10.6. The second kappa shape index (κ2) is 7.79. The lowest BCUT2D eigenvalue weighted by molar-refractivity contribution is -0.110. The summed E-state index contributed by atoms with van der Waals surface area (Å²) in [7, 11) is 1.60. The molecule has 2 aromatic carbocycles. The summed E-state index contributed by atoms with van der Waals surface area (Å²) in [6, 6.07) is 14.6. The zero-order valence-electron chi connectivity index (χ0n) is 12.0. The Bertz CT molecular complexity index is 698. The van der Waals surface area contributed by atoms with Gasteiger partial charge in [0.05, 0.1) is 7.11 Å². The Labute approximate surface area is 143 Å². The monoisotopic (exact) mass is 406 g/mol. The number of carbonyl (C=O) groups is 1. The number of ether oxygens (including phenoxy) is 1. The molecule has 3 nitrogen and oxygen atoms in total. The van der Waals surface area contributed by atoms with Gasteiger partial charge in [-0.25, -0.2) is 0 Å². The van der Waals surface area contributed by atoms with Crippen LogP contribution >= 0.6 is 22.6 Å². The smallest absolute Gasteiger partial charge is 0.182 e. The number of halogens is 1. The van der Waals surface area contributed by atoms with Crippen LogP contribution in [-0.4, -0.2) is 18.0 Å². The number of aliphatic hydroxyl groups excluding tert-OH is 1. The van der Waals surface area contributed by atoms with Gasteiger partial charge in [-0.2, -0.15) is 0 Å². The third-order valence-electron chi connectivity index (χ3n) is 2.97. The molecule has 2 rings (SSSR count). The van der Waals surface area contributed by atoms with Gasteiger partial charge in [0.2, 0.25) is 0 Å². The molecule has 0 amide bonds. The van der Waals surface area contributed by atoms with E-state index in [4.69, 9.17) is 4.74 Å². The van der Waals surface area contributed by atoms with E-state index in [0.29, 0.717) is 5.56 Å². The van der Waals surface area contributed by atoms with Crippen LogP contribution in [0.25, 0.3) is 11.8 Å². The molecule has 0 fully saturated rings. The fraction of sp³-hybridized carbons (Fsp3) is 0.0556. The minimum absolute atomic E-state index is 0.0409. The molecule has 0 aliphatic heterocycles. The molecular weight excluding hydrogens is 391 g/mol. The van der Waals surface area contributed by atoms with Crippen molar-refractivity contribution in [3.8, 4) is 5.75 Å². The van der Waals surface area contributed by atoms with Crippen LogP contribution in [0, 0.1) is 3.57 Å². The number of rotatable bonds is 5. The molecule has 0 saturated carbocycles. The molecule has 0 spiro atoms. The van der Waals surface area contributed by atoms with E-state index < -0.39 is 0 Å². The molecule has 0 aliphatic rings. The average Bonchev–Trinajstić information content (AvgIpc) is 2.54. The van der Waals surface area contributed by atoms with E-state index in [9.17, 15) is 9.90 Å². The highest BCUT2D eigenvalue weighted by Crippen LogP contribution is 2.15. The van der Waals surface area contributed by atoms with Crippen LogP contribution in [0.2, 0.25) is 0 Å². The van der Waals surface area contributed by atoms with Gasteiger partial charge in [-0.15, -0.1) is 0 Å². The largest absolute Gasteiger partial charge is 0.507 e. The molecule has 0 heterocycles. The lowest BCUT2D eigenvalue weighted by Gasteiger charge is -2.00. The van der Waals surface area contributed by atoms with Crippen molar-refractivity contribution in [3.63, 3.8) is 0 Å². The summed E-state index contributed by atoms with van der Waals surface area (Å²) < 4.78 is 6.14. The molecule has 0 bridgehead atoms. The summed E-state index contributed by atoms with van der Waals surface area (Å²) in [6.07, 6.45) is 4.33. The molecule has 0 unspecified atom stereocenters. The Hall–Kier alpha value is -2.08. The van der Waals surface area contributed by atoms with Crippen molar-refractivity contribution >= 4 is 40.2 Å². The summed E-state index contributed by atoms with van der Waals surface area (Å²) in [5.74, 6) is 0.451. The molecule has 0 saturated heterocycles. The van der Waals surface area contributed by atoms with E-state index in [0.717, 1.165) is 14.9 Å². The maximum absolute atomic E-state index is 11.8. The van der Waals surface area contributed by atoms with Crippen molar-refractivity contribution in [1.29, 1.82) is 0 Å². The third kappa shape index (κ3) is 4.73. The van der Waals surface area contributed by atoms with Crippen LogP contribution in [0.4, 0.5) is 0 Å². The standard InChI is InChI=1S/C18H15IO3/c1-22-17-10-3-13(4-11-17)2-9-16(20)12-18(21)14-5-7-15(19)8-6-14/h2-12,21H,1H3/b9-2+,18-12?. The van der Waals surface area contributed by atoms with Crippen LogP contribution in [0.15, 0.2) is 60.7 Å². The number of benzene rings is 2. The molecule has 2 aromatic rings.